The summed E-state index contributed by atoms with van der Waals surface area (Å²) in [5.41, 5.74) is 3.87. The number of fused-ring (bicyclic) bond motifs is 1. The highest BCUT2D eigenvalue weighted by Gasteiger charge is 2.11. The molecule has 2 aromatic carbocycles. The maximum Gasteiger partial charge on any atom is 0.227 e. The molecule has 0 aliphatic carbocycles. The molecule has 30 heavy (non-hydrogen) atoms. The van der Waals surface area contributed by atoms with E-state index >= 15 is 0 Å². The van der Waals surface area contributed by atoms with Crippen molar-refractivity contribution in [2.24, 2.45) is 0 Å². The predicted octanol–water partition coefficient (Wildman–Crippen LogP) is 5.56. The lowest BCUT2D eigenvalue weighted by Crippen LogP contribution is -2.04. The van der Waals surface area contributed by atoms with Crippen LogP contribution in [0.25, 0.3) is 10.9 Å². The van der Waals surface area contributed by atoms with Crippen molar-refractivity contribution in [3.8, 4) is 17.7 Å². The van der Waals surface area contributed by atoms with Gasteiger partial charge in [0, 0.05) is 29.1 Å². The molecule has 0 N–H and O–H groups in total. The van der Waals surface area contributed by atoms with Crippen LogP contribution >= 0.6 is 22.6 Å². The highest BCUT2D eigenvalue weighted by molar-refractivity contribution is 14.1. The van der Waals surface area contributed by atoms with E-state index in [9.17, 15) is 4.39 Å². The third kappa shape index (κ3) is 4.62. The van der Waals surface area contributed by atoms with Gasteiger partial charge in [-0.2, -0.15) is 5.10 Å². The lowest BCUT2D eigenvalue weighted by atomic mass is 10.1. The number of nitrogens with zero attached hydrogens (tertiary/aromatic N) is 3. The molecule has 0 spiro atoms. The monoisotopic (exact) mass is 511 g/mol. The Bertz CT molecular complexity index is 1240. The number of rotatable bonds is 5. The zero-order chi connectivity index (χ0) is 20.9. The lowest BCUT2D eigenvalue weighted by molar-refractivity contribution is 0.291. The molecule has 2 aromatic heterocycles. The van der Waals surface area contributed by atoms with Crippen LogP contribution in [0.5, 0.6) is 5.88 Å². The molecule has 0 atom stereocenters. The van der Waals surface area contributed by atoms with Crippen LogP contribution in [-0.2, 0) is 13.2 Å². The first kappa shape index (κ1) is 20.4. The standard InChI is InChI=1S/C24H19FIN3O/c1-2-3-5-18-12-19-14-28-29(15-17-7-9-21(25)10-8-17)23(19)13-20(18)16-30-24-22(26)6-4-11-27-24/h4,6-14H,2,15-16H2,1H3. The number of ether oxygens (including phenoxy) is 1. The first-order chi connectivity index (χ1) is 14.6. The number of halogens is 2. The van der Waals surface area contributed by atoms with Crippen molar-refractivity contribution in [2.75, 3.05) is 0 Å². The van der Waals surface area contributed by atoms with Gasteiger partial charge in [-0.05, 0) is 64.6 Å². The van der Waals surface area contributed by atoms with Gasteiger partial charge in [0.05, 0.1) is 21.8 Å². The normalized spacial score (nSPS) is 10.6. The first-order valence-corrected chi connectivity index (χ1v) is 10.7. The minimum absolute atomic E-state index is 0.244. The molecular formula is C24H19FIN3O. The van der Waals surface area contributed by atoms with Gasteiger partial charge in [0.15, 0.2) is 0 Å². The Morgan fingerprint density at radius 3 is 2.77 bits per heavy atom. The molecule has 0 aliphatic rings. The van der Waals surface area contributed by atoms with Crippen LogP contribution in [0, 0.1) is 21.2 Å². The van der Waals surface area contributed by atoms with Crippen molar-refractivity contribution in [3.63, 3.8) is 0 Å². The zero-order valence-corrected chi connectivity index (χ0v) is 18.6. The van der Waals surface area contributed by atoms with Crippen LogP contribution in [-0.4, -0.2) is 14.8 Å². The molecule has 0 aliphatic heterocycles. The van der Waals surface area contributed by atoms with Crippen LogP contribution in [0.2, 0.25) is 0 Å². The summed E-state index contributed by atoms with van der Waals surface area (Å²) in [7, 11) is 0. The Kier molecular flexibility index (Phi) is 6.29. The van der Waals surface area contributed by atoms with Crippen LogP contribution in [0.15, 0.2) is 60.9 Å². The van der Waals surface area contributed by atoms with E-state index < -0.39 is 0 Å². The highest BCUT2D eigenvalue weighted by atomic mass is 127. The Morgan fingerprint density at radius 2 is 2.00 bits per heavy atom. The summed E-state index contributed by atoms with van der Waals surface area (Å²) in [6.07, 6.45) is 4.33. The number of benzene rings is 2. The molecule has 0 saturated heterocycles. The van der Waals surface area contributed by atoms with Crippen molar-refractivity contribution < 1.29 is 9.13 Å². The van der Waals surface area contributed by atoms with Gasteiger partial charge in [-0.1, -0.05) is 30.9 Å². The second-order valence-electron chi connectivity index (χ2n) is 6.73. The maximum absolute atomic E-state index is 13.2. The molecule has 0 amide bonds. The van der Waals surface area contributed by atoms with E-state index in [1.54, 1.807) is 18.3 Å². The number of pyridine rings is 1. The number of aromatic nitrogens is 3. The van der Waals surface area contributed by atoms with E-state index in [4.69, 9.17) is 4.74 Å². The van der Waals surface area contributed by atoms with Gasteiger partial charge in [0.25, 0.3) is 0 Å². The fraction of sp³-hybridized carbons (Fsp3) is 0.167. The highest BCUT2D eigenvalue weighted by Crippen LogP contribution is 2.24. The Labute approximate surface area is 188 Å². The summed E-state index contributed by atoms with van der Waals surface area (Å²) >= 11 is 2.21. The molecule has 2 heterocycles. The predicted molar refractivity (Wildman–Crippen MR) is 124 cm³/mol. The van der Waals surface area contributed by atoms with Crippen LogP contribution < -0.4 is 4.74 Å². The summed E-state index contributed by atoms with van der Waals surface area (Å²) in [6.45, 7) is 2.94. The van der Waals surface area contributed by atoms with Gasteiger partial charge in [-0.15, -0.1) is 0 Å². The van der Waals surface area contributed by atoms with Gasteiger partial charge >= 0.3 is 0 Å². The number of hydrogen-bond acceptors (Lipinski definition) is 3. The van der Waals surface area contributed by atoms with Gasteiger partial charge in [-0.25, -0.2) is 9.37 Å². The Morgan fingerprint density at radius 1 is 1.17 bits per heavy atom. The molecule has 0 bridgehead atoms. The van der Waals surface area contributed by atoms with Crippen molar-refractivity contribution >= 4 is 33.5 Å². The van der Waals surface area contributed by atoms with E-state index in [-0.39, 0.29) is 5.82 Å². The SMILES string of the molecule is CCC#Cc1cc2cnn(Cc3ccc(F)cc3)c2cc1COc1ncccc1I. The van der Waals surface area contributed by atoms with E-state index in [2.05, 4.69) is 50.6 Å². The molecule has 4 aromatic rings. The third-order valence-electron chi connectivity index (χ3n) is 4.60. The quantitative estimate of drug-likeness (QED) is 0.260. The van der Waals surface area contributed by atoms with Crippen molar-refractivity contribution in [2.45, 2.75) is 26.5 Å². The summed E-state index contributed by atoms with van der Waals surface area (Å²) < 4.78 is 22.1. The largest absolute Gasteiger partial charge is 0.472 e. The van der Waals surface area contributed by atoms with E-state index in [1.165, 1.54) is 12.1 Å². The molecular weight excluding hydrogens is 492 g/mol. The fourth-order valence-corrected chi connectivity index (χ4v) is 3.60. The van der Waals surface area contributed by atoms with Crippen LogP contribution in [0.1, 0.15) is 30.0 Å². The Hall–Kier alpha value is -2.92. The minimum Gasteiger partial charge on any atom is -0.472 e. The average Bonchev–Trinajstić information content (AvgIpc) is 3.14. The fourth-order valence-electron chi connectivity index (χ4n) is 3.10. The minimum atomic E-state index is -0.244. The van der Waals surface area contributed by atoms with Crippen LogP contribution in [0.3, 0.4) is 0 Å². The van der Waals surface area contributed by atoms with Crippen LogP contribution in [0.4, 0.5) is 4.39 Å². The van der Waals surface area contributed by atoms with E-state index in [0.717, 1.165) is 37.6 Å². The summed E-state index contributed by atoms with van der Waals surface area (Å²) in [5, 5.41) is 5.54. The molecule has 4 rings (SSSR count). The molecule has 150 valence electrons. The van der Waals surface area contributed by atoms with Crippen molar-refractivity contribution in [1.82, 2.24) is 14.8 Å². The third-order valence-corrected chi connectivity index (χ3v) is 5.42. The van der Waals surface area contributed by atoms with Gasteiger partial charge in [0.2, 0.25) is 5.88 Å². The molecule has 0 fully saturated rings. The van der Waals surface area contributed by atoms with Gasteiger partial charge in [0.1, 0.15) is 12.4 Å². The van der Waals surface area contributed by atoms with E-state index in [0.29, 0.717) is 19.0 Å². The molecule has 0 radical (unpaired) electrons. The summed E-state index contributed by atoms with van der Waals surface area (Å²) in [6, 6.07) is 14.4. The van der Waals surface area contributed by atoms with Crippen molar-refractivity contribution in [1.29, 1.82) is 0 Å². The molecule has 4 nitrogen and oxygen atoms in total. The second kappa shape index (κ2) is 9.26. The van der Waals surface area contributed by atoms with E-state index in [1.807, 2.05) is 36.0 Å². The second-order valence-corrected chi connectivity index (χ2v) is 7.89. The first-order valence-electron chi connectivity index (χ1n) is 9.59. The zero-order valence-electron chi connectivity index (χ0n) is 16.4. The lowest BCUT2D eigenvalue weighted by Gasteiger charge is -2.10. The molecule has 0 saturated carbocycles. The topological polar surface area (TPSA) is 39.9 Å². The van der Waals surface area contributed by atoms with Gasteiger partial charge < -0.3 is 4.74 Å². The van der Waals surface area contributed by atoms with Crippen molar-refractivity contribution in [3.05, 3.63) is 87.0 Å². The number of hydrogen-bond donors (Lipinski definition) is 0. The smallest absolute Gasteiger partial charge is 0.227 e. The maximum atomic E-state index is 13.2. The average molecular weight is 511 g/mol. The molecule has 6 heteroatoms. The van der Waals surface area contributed by atoms with Gasteiger partial charge in [-0.3, -0.25) is 4.68 Å². The Balaban J connectivity index is 1.68. The summed E-state index contributed by atoms with van der Waals surface area (Å²) in [5.74, 6) is 6.75. The summed E-state index contributed by atoms with van der Waals surface area (Å²) in [4.78, 5) is 4.30. The molecule has 0 unspecified atom stereocenters.